The molecule has 1 aromatic heterocycles. The highest BCUT2D eigenvalue weighted by atomic mass is 19.1. The number of aryl methyl sites for hydroxylation is 2. The zero-order valence-corrected chi connectivity index (χ0v) is 18.4. The maximum atomic E-state index is 14.6. The summed E-state index contributed by atoms with van der Waals surface area (Å²) in [4.78, 5) is 12.9. The standard InChI is InChI=1S/C27H19FN2O4/c1-14-7-9-17-15(2)25(33-22(17)11-14)27(31)32-16-8-10-19-23(12-16)34-26(30)20(13-29)24(19)18-5-3-4-6-21(18)28/h3-12,24H,30H2,1-2H3. The number of nitrogens with two attached hydrogens (primary N) is 1. The van der Waals surface area contributed by atoms with Crippen LogP contribution in [0.3, 0.4) is 0 Å². The van der Waals surface area contributed by atoms with Gasteiger partial charge in [0.25, 0.3) is 0 Å². The van der Waals surface area contributed by atoms with Gasteiger partial charge in [0.2, 0.25) is 11.6 Å². The van der Waals surface area contributed by atoms with Crippen molar-refractivity contribution in [1.29, 1.82) is 5.26 Å². The van der Waals surface area contributed by atoms with Gasteiger partial charge in [0.15, 0.2) is 0 Å². The van der Waals surface area contributed by atoms with Gasteiger partial charge in [0.1, 0.15) is 34.5 Å². The maximum Gasteiger partial charge on any atom is 0.379 e. The van der Waals surface area contributed by atoms with E-state index in [1.807, 2.05) is 31.2 Å². The van der Waals surface area contributed by atoms with Crippen molar-refractivity contribution in [3.8, 4) is 17.6 Å². The number of esters is 1. The summed E-state index contributed by atoms with van der Waals surface area (Å²) in [6.45, 7) is 3.73. The van der Waals surface area contributed by atoms with Gasteiger partial charge in [-0.25, -0.2) is 9.18 Å². The smallest absolute Gasteiger partial charge is 0.379 e. The van der Waals surface area contributed by atoms with Crippen LogP contribution in [-0.4, -0.2) is 5.97 Å². The first-order chi connectivity index (χ1) is 16.4. The normalized spacial score (nSPS) is 14.9. The molecule has 0 amide bonds. The molecule has 7 heteroatoms. The van der Waals surface area contributed by atoms with Crippen LogP contribution < -0.4 is 15.2 Å². The Hall–Kier alpha value is -4.57. The fourth-order valence-corrected chi connectivity index (χ4v) is 4.21. The van der Waals surface area contributed by atoms with E-state index in [1.54, 1.807) is 37.3 Å². The highest BCUT2D eigenvalue weighted by Gasteiger charge is 2.32. The largest absolute Gasteiger partial charge is 0.449 e. The molecule has 34 heavy (non-hydrogen) atoms. The van der Waals surface area contributed by atoms with Gasteiger partial charge >= 0.3 is 5.97 Å². The van der Waals surface area contributed by atoms with Crippen LogP contribution >= 0.6 is 0 Å². The van der Waals surface area contributed by atoms with Crippen molar-refractivity contribution in [3.05, 3.63) is 106 Å². The number of allylic oxidation sites excluding steroid dienone is 1. The number of fused-ring (bicyclic) bond motifs is 2. The zero-order valence-electron chi connectivity index (χ0n) is 18.4. The second kappa shape index (κ2) is 8.09. The van der Waals surface area contributed by atoms with E-state index in [4.69, 9.17) is 19.6 Å². The van der Waals surface area contributed by atoms with Crippen LogP contribution in [0.4, 0.5) is 4.39 Å². The van der Waals surface area contributed by atoms with E-state index in [9.17, 15) is 14.4 Å². The summed E-state index contributed by atoms with van der Waals surface area (Å²) < 4.78 is 31.5. The van der Waals surface area contributed by atoms with Gasteiger partial charge in [-0.05, 0) is 37.6 Å². The Kier molecular flexibility index (Phi) is 5.06. The molecule has 0 aliphatic carbocycles. The first-order valence-electron chi connectivity index (χ1n) is 10.5. The van der Waals surface area contributed by atoms with E-state index in [1.165, 1.54) is 12.1 Å². The van der Waals surface area contributed by atoms with E-state index < -0.39 is 17.7 Å². The van der Waals surface area contributed by atoms with E-state index in [0.29, 0.717) is 22.3 Å². The molecule has 3 aromatic carbocycles. The summed E-state index contributed by atoms with van der Waals surface area (Å²) in [5.41, 5.74) is 9.22. The molecule has 2 N–H and O–H groups in total. The van der Waals surface area contributed by atoms with Crippen LogP contribution in [0.15, 0.2) is 76.5 Å². The second-order valence-corrected chi connectivity index (χ2v) is 8.09. The van der Waals surface area contributed by atoms with Gasteiger partial charge in [0, 0.05) is 28.1 Å². The summed E-state index contributed by atoms with van der Waals surface area (Å²) in [5.74, 6) is -1.43. The number of halogens is 1. The minimum atomic E-state index is -0.749. The van der Waals surface area contributed by atoms with E-state index in [0.717, 1.165) is 10.9 Å². The molecule has 2 heterocycles. The quantitative estimate of drug-likeness (QED) is 0.318. The van der Waals surface area contributed by atoms with Gasteiger partial charge < -0.3 is 19.6 Å². The van der Waals surface area contributed by atoms with Crippen molar-refractivity contribution in [2.24, 2.45) is 5.73 Å². The van der Waals surface area contributed by atoms with Crippen molar-refractivity contribution in [3.63, 3.8) is 0 Å². The third-order valence-electron chi connectivity index (χ3n) is 5.90. The molecule has 1 unspecified atom stereocenters. The molecule has 0 saturated carbocycles. The van der Waals surface area contributed by atoms with Crippen LogP contribution in [-0.2, 0) is 0 Å². The Morgan fingerprint density at radius 1 is 1.09 bits per heavy atom. The fourth-order valence-electron chi connectivity index (χ4n) is 4.21. The summed E-state index contributed by atoms with van der Waals surface area (Å²) in [6, 6.07) is 18.6. The zero-order chi connectivity index (χ0) is 24.0. The van der Waals surface area contributed by atoms with Crippen LogP contribution in [0.2, 0.25) is 0 Å². The van der Waals surface area contributed by atoms with Gasteiger partial charge in [0.05, 0.1) is 5.92 Å². The Bertz CT molecular complexity index is 1540. The van der Waals surface area contributed by atoms with Crippen molar-refractivity contribution in [2.45, 2.75) is 19.8 Å². The molecule has 0 saturated heterocycles. The number of hydrogen-bond donors (Lipinski definition) is 1. The molecule has 0 radical (unpaired) electrons. The monoisotopic (exact) mass is 454 g/mol. The van der Waals surface area contributed by atoms with Crippen LogP contribution in [0, 0.1) is 31.0 Å². The lowest BCUT2D eigenvalue weighted by atomic mass is 9.83. The van der Waals surface area contributed by atoms with E-state index >= 15 is 0 Å². The molecule has 0 fully saturated rings. The highest BCUT2D eigenvalue weighted by molar-refractivity contribution is 5.97. The lowest BCUT2D eigenvalue weighted by Crippen LogP contribution is -2.21. The van der Waals surface area contributed by atoms with Crippen molar-refractivity contribution in [2.75, 3.05) is 0 Å². The molecule has 1 aliphatic rings. The molecular formula is C27H19FN2O4. The lowest BCUT2D eigenvalue weighted by Gasteiger charge is -2.26. The highest BCUT2D eigenvalue weighted by Crippen LogP contribution is 2.44. The number of rotatable bonds is 3. The molecule has 5 rings (SSSR count). The Morgan fingerprint density at radius 2 is 1.88 bits per heavy atom. The number of ether oxygens (including phenoxy) is 2. The first-order valence-corrected chi connectivity index (χ1v) is 10.5. The number of furan rings is 1. The van der Waals surface area contributed by atoms with Crippen molar-refractivity contribution in [1.82, 2.24) is 0 Å². The van der Waals surface area contributed by atoms with Gasteiger partial charge in [-0.15, -0.1) is 0 Å². The Morgan fingerprint density at radius 3 is 2.65 bits per heavy atom. The predicted octanol–water partition coefficient (Wildman–Crippen LogP) is 5.63. The number of carbonyl (C=O) groups is 1. The lowest BCUT2D eigenvalue weighted by molar-refractivity contribution is 0.0702. The van der Waals surface area contributed by atoms with Crippen molar-refractivity contribution < 1.29 is 23.1 Å². The summed E-state index contributed by atoms with van der Waals surface area (Å²) in [6.07, 6.45) is 0. The minimum absolute atomic E-state index is 0.106. The average Bonchev–Trinajstić information content (AvgIpc) is 3.14. The molecule has 1 atom stereocenters. The number of carbonyl (C=O) groups excluding carboxylic acids is 1. The molecule has 4 aromatic rings. The molecule has 168 valence electrons. The molecule has 6 nitrogen and oxygen atoms in total. The van der Waals surface area contributed by atoms with Crippen LogP contribution in [0.1, 0.15) is 38.7 Å². The number of hydrogen-bond acceptors (Lipinski definition) is 6. The summed E-state index contributed by atoms with van der Waals surface area (Å²) in [7, 11) is 0. The molecule has 1 aliphatic heterocycles. The molecule has 0 bridgehead atoms. The first kappa shape index (κ1) is 21.3. The maximum absolute atomic E-state index is 14.6. The Labute approximate surface area is 194 Å². The Balaban J connectivity index is 1.50. The summed E-state index contributed by atoms with van der Waals surface area (Å²) in [5, 5.41) is 10.5. The summed E-state index contributed by atoms with van der Waals surface area (Å²) >= 11 is 0. The van der Waals surface area contributed by atoms with Gasteiger partial charge in [-0.1, -0.05) is 36.4 Å². The predicted molar refractivity (Wildman–Crippen MR) is 123 cm³/mol. The number of nitriles is 1. The van der Waals surface area contributed by atoms with Crippen LogP contribution in [0.25, 0.3) is 11.0 Å². The van der Waals surface area contributed by atoms with Gasteiger partial charge in [-0.2, -0.15) is 5.26 Å². The molecule has 0 spiro atoms. The SMILES string of the molecule is Cc1ccc2c(C)c(C(=O)Oc3ccc4c(c3)OC(N)=C(C#N)C4c3ccccc3F)oc2c1. The number of benzene rings is 3. The third-order valence-corrected chi connectivity index (χ3v) is 5.90. The average molecular weight is 454 g/mol. The van der Waals surface area contributed by atoms with Gasteiger partial charge in [-0.3, -0.25) is 0 Å². The topological polar surface area (TPSA) is 98.5 Å². The number of nitrogens with zero attached hydrogens (tertiary/aromatic N) is 1. The van der Waals surface area contributed by atoms with E-state index in [-0.39, 0.29) is 28.7 Å². The molecular weight excluding hydrogens is 435 g/mol. The van der Waals surface area contributed by atoms with Crippen LogP contribution in [0.5, 0.6) is 11.5 Å². The third kappa shape index (κ3) is 3.46. The fraction of sp³-hybridized carbons (Fsp3) is 0.111. The second-order valence-electron chi connectivity index (χ2n) is 8.09. The van der Waals surface area contributed by atoms with Crippen molar-refractivity contribution >= 4 is 16.9 Å². The van der Waals surface area contributed by atoms with E-state index in [2.05, 4.69) is 0 Å². The minimum Gasteiger partial charge on any atom is -0.449 e.